The lowest BCUT2D eigenvalue weighted by Gasteiger charge is -2.33. The van der Waals surface area contributed by atoms with Gasteiger partial charge in [0.15, 0.2) is 11.5 Å². The predicted molar refractivity (Wildman–Crippen MR) is 123 cm³/mol. The van der Waals surface area contributed by atoms with E-state index in [-0.39, 0.29) is 12.5 Å². The average Bonchev–Trinajstić information content (AvgIpc) is 2.83. The van der Waals surface area contributed by atoms with E-state index in [0.717, 1.165) is 42.9 Å². The number of amides is 1. The molecule has 1 aliphatic rings. The number of piperidine rings is 1. The first-order chi connectivity index (χ1) is 15.6. The van der Waals surface area contributed by atoms with Crippen LogP contribution in [0.3, 0.4) is 0 Å². The number of hydrogen-bond donors (Lipinski definition) is 0. The first kappa shape index (κ1) is 21.8. The van der Waals surface area contributed by atoms with Crippen LogP contribution in [-0.4, -0.2) is 41.0 Å². The molecule has 166 valence electrons. The van der Waals surface area contributed by atoms with Crippen LogP contribution < -0.4 is 9.47 Å². The number of aromatic nitrogens is 2. The highest BCUT2D eigenvalue weighted by atomic mass is 16.5. The summed E-state index contributed by atoms with van der Waals surface area (Å²) in [5.41, 5.74) is 3.43. The van der Waals surface area contributed by atoms with Gasteiger partial charge in [-0.1, -0.05) is 18.2 Å². The molecule has 3 aromatic rings. The molecule has 0 saturated carbocycles. The van der Waals surface area contributed by atoms with E-state index < -0.39 is 0 Å². The summed E-state index contributed by atoms with van der Waals surface area (Å²) in [5, 5.41) is 0. The Morgan fingerprint density at radius 2 is 1.94 bits per heavy atom. The molecular formula is C26H29N3O3. The largest absolute Gasteiger partial charge is 0.493 e. The highest BCUT2D eigenvalue weighted by Crippen LogP contribution is 2.33. The van der Waals surface area contributed by atoms with Gasteiger partial charge in [0, 0.05) is 30.7 Å². The van der Waals surface area contributed by atoms with Gasteiger partial charge in [0.05, 0.1) is 18.4 Å². The second-order valence-corrected chi connectivity index (χ2v) is 8.18. The van der Waals surface area contributed by atoms with Crippen LogP contribution in [0.4, 0.5) is 0 Å². The molecule has 1 atom stereocenters. The van der Waals surface area contributed by atoms with Gasteiger partial charge in [-0.25, -0.2) is 0 Å². The third-order valence-electron chi connectivity index (χ3n) is 5.77. The smallest absolute Gasteiger partial charge is 0.257 e. The van der Waals surface area contributed by atoms with E-state index in [0.29, 0.717) is 29.5 Å². The fourth-order valence-corrected chi connectivity index (χ4v) is 4.22. The van der Waals surface area contributed by atoms with Crippen LogP contribution in [0.1, 0.15) is 40.3 Å². The monoisotopic (exact) mass is 431 g/mol. The molecule has 1 aliphatic heterocycles. The summed E-state index contributed by atoms with van der Waals surface area (Å²) in [4.78, 5) is 24.4. The third-order valence-corrected chi connectivity index (χ3v) is 5.77. The maximum absolute atomic E-state index is 13.5. The van der Waals surface area contributed by atoms with Crippen molar-refractivity contribution in [3.05, 3.63) is 83.4 Å². The van der Waals surface area contributed by atoms with Crippen molar-refractivity contribution in [2.75, 3.05) is 20.2 Å². The number of pyridine rings is 2. The van der Waals surface area contributed by atoms with Gasteiger partial charge in [-0.05, 0) is 68.5 Å². The van der Waals surface area contributed by atoms with Gasteiger partial charge in [-0.15, -0.1) is 0 Å². The lowest BCUT2D eigenvalue weighted by molar-refractivity contribution is 0.0667. The minimum atomic E-state index is -0.0261. The molecule has 6 nitrogen and oxygen atoms in total. The van der Waals surface area contributed by atoms with Crippen LogP contribution in [-0.2, 0) is 13.0 Å². The summed E-state index contributed by atoms with van der Waals surface area (Å²) in [6, 6.07) is 17.2. The number of hydrogen-bond acceptors (Lipinski definition) is 5. The van der Waals surface area contributed by atoms with Gasteiger partial charge >= 0.3 is 0 Å². The first-order valence-corrected chi connectivity index (χ1v) is 11.1. The van der Waals surface area contributed by atoms with Crippen molar-refractivity contribution >= 4 is 5.91 Å². The molecule has 1 unspecified atom stereocenters. The van der Waals surface area contributed by atoms with Crippen molar-refractivity contribution < 1.29 is 14.3 Å². The summed E-state index contributed by atoms with van der Waals surface area (Å²) in [7, 11) is 1.59. The molecule has 4 rings (SSSR count). The van der Waals surface area contributed by atoms with Crippen LogP contribution in [0.5, 0.6) is 11.5 Å². The van der Waals surface area contributed by atoms with Crippen LogP contribution in [0.15, 0.2) is 60.8 Å². The third kappa shape index (κ3) is 5.25. The van der Waals surface area contributed by atoms with Gasteiger partial charge in [-0.2, -0.15) is 0 Å². The number of benzene rings is 1. The van der Waals surface area contributed by atoms with E-state index in [2.05, 4.69) is 16.0 Å². The highest BCUT2D eigenvalue weighted by molar-refractivity contribution is 5.98. The molecule has 6 heteroatoms. The van der Waals surface area contributed by atoms with Crippen molar-refractivity contribution in [1.82, 2.24) is 14.9 Å². The fourth-order valence-electron chi connectivity index (χ4n) is 4.22. The number of nitrogens with zero attached hydrogens (tertiary/aromatic N) is 3. The maximum Gasteiger partial charge on any atom is 0.257 e. The lowest BCUT2D eigenvalue weighted by atomic mass is 9.92. The van der Waals surface area contributed by atoms with Crippen molar-refractivity contribution in [2.45, 2.75) is 32.8 Å². The molecule has 3 heterocycles. The molecule has 1 aromatic carbocycles. The van der Waals surface area contributed by atoms with Crippen molar-refractivity contribution in [2.24, 2.45) is 5.92 Å². The number of likely N-dealkylation sites (tertiary alicyclic amines) is 1. The minimum absolute atomic E-state index is 0.0261. The highest BCUT2D eigenvalue weighted by Gasteiger charge is 2.28. The summed E-state index contributed by atoms with van der Waals surface area (Å²) >= 11 is 0. The predicted octanol–water partition coefficient (Wildman–Crippen LogP) is 4.47. The second-order valence-electron chi connectivity index (χ2n) is 8.18. The van der Waals surface area contributed by atoms with Gasteiger partial charge in [0.25, 0.3) is 5.91 Å². The van der Waals surface area contributed by atoms with E-state index in [1.54, 1.807) is 13.3 Å². The average molecular weight is 432 g/mol. The zero-order chi connectivity index (χ0) is 22.3. The molecule has 0 radical (unpaired) electrons. The van der Waals surface area contributed by atoms with Crippen molar-refractivity contribution in [3.63, 3.8) is 0 Å². The van der Waals surface area contributed by atoms with Gasteiger partial charge in [0.1, 0.15) is 6.61 Å². The van der Waals surface area contributed by atoms with Crippen LogP contribution in [0.2, 0.25) is 0 Å². The van der Waals surface area contributed by atoms with Gasteiger partial charge < -0.3 is 14.4 Å². The zero-order valence-electron chi connectivity index (χ0n) is 18.7. The number of carbonyl (C=O) groups is 1. The van der Waals surface area contributed by atoms with E-state index >= 15 is 0 Å². The van der Waals surface area contributed by atoms with Crippen LogP contribution in [0, 0.1) is 12.8 Å². The summed E-state index contributed by atoms with van der Waals surface area (Å²) in [6.07, 6.45) is 4.69. The quantitative estimate of drug-likeness (QED) is 0.552. The second kappa shape index (κ2) is 10.3. The Kier molecular flexibility index (Phi) is 7.00. The number of para-hydroxylation sites is 1. The lowest BCUT2D eigenvalue weighted by Crippen LogP contribution is -2.40. The van der Waals surface area contributed by atoms with E-state index in [1.807, 2.05) is 60.4 Å². The number of aryl methyl sites for hydroxylation is 1. The zero-order valence-corrected chi connectivity index (χ0v) is 18.7. The molecule has 0 bridgehead atoms. The normalized spacial score (nSPS) is 15.9. The van der Waals surface area contributed by atoms with E-state index in [1.165, 1.54) is 0 Å². The molecule has 0 spiro atoms. The summed E-state index contributed by atoms with van der Waals surface area (Å²) in [5.74, 6) is 1.38. The fraction of sp³-hybridized carbons (Fsp3) is 0.346. The molecule has 2 aromatic heterocycles. The SMILES string of the molecule is COc1cccc(C(=O)N2CCCC(Cc3cccc(C)n3)C2)c1OCc1ccccn1. The molecule has 32 heavy (non-hydrogen) atoms. The molecule has 0 N–H and O–H groups in total. The Labute approximate surface area is 189 Å². The molecule has 1 amide bonds. The molecular weight excluding hydrogens is 402 g/mol. The number of ether oxygens (including phenoxy) is 2. The van der Waals surface area contributed by atoms with Gasteiger partial charge in [0.2, 0.25) is 0 Å². The number of carbonyl (C=O) groups excluding carboxylic acids is 1. The standard InChI is InChI=1S/C26H29N3O3/c1-19-8-5-11-21(28-19)16-20-9-7-15-29(17-20)26(30)23-12-6-13-24(31-2)25(23)32-18-22-10-3-4-14-27-22/h3-6,8,10-14,20H,7,9,15-18H2,1-2H3. The topological polar surface area (TPSA) is 64.5 Å². The number of methoxy groups -OCH3 is 1. The molecule has 1 saturated heterocycles. The minimum Gasteiger partial charge on any atom is -0.493 e. The Morgan fingerprint density at radius 1 is 1.09 bits per heavy atom. The molecule has 1 fully saturated rings. The van der Waals surface area contributed by atoms with Gasteiger partial charge in [-0.3, -0.25) is 14.8 Å². The van der Waals surface area contributed by atoms with E-state index in [4.69, 9.17) is 9.47 Å². The maximum atomic E-state index is 13.5. The Bertz CT molecular complexity index is 1060. The Hall–Kier alpha value is -3.41. The number of rotatable bonds is 7. The van der Waals surface area contributed by atoms with Crippen LogP contribution in [0.25, 0.3) is 0 Å². The first-order valence-electron chi connectivity index (χ1n) is 11.1. The molecule has 0 aliphatic carbocycles. The Balaban J connectivity index is 1.50. The van der Waals surface area contributed by atoms with E-state index in [9.17, 15) is 4.79 Å². The van der Waals surface area contributed by atoms with Crippen molar-refractivity contribution in [1.29, 1.82) is 0 Å². The summed E-state index contributed by atoms with van der Waals surface area (Å²) < 4.78 is 11.5. The van der Waals surface area contributed by atoms with Crippen LogP contribution >= 0.6 is 0 Å². The summed E-state index contributed by atoms with van der Waals surface area (Å²) in [6.45, 7) is 3.73. The Morgan fingerprint density at radius 3 is 2.72 bits per heavy atom. The van der Waals surface area contributed by atoms with Crippen molar-refractivity contribution in [3.8, 4) is 11.5 Å².